The van der Waals surface area contributed by atoms with Gasteiger partial charge in [0.1, 0.15) is 0 Å². The molecule has 3 rings (SSSR count). The summed E-state index contributed by atoms with van der Waals surface area (Å²) in [6.45, 7) is 7.50. The quantitative estimate of drug-likeness (QED) is 0.734. The average Bonchev–Trinajstić information content (AvgIpc) is 2.68. The molecule has 0 unspecified atom stereocenters. The van der Waals surface area contributed by atoms with Crippen LogP contribution in [0.5, 0.6) is 0 Å². The van der Waals surface area contributed by atoms with Gasteiger partial charge in [0.25, 0.3) is 0 Å². The van der Waals surface area contributed by atoms with Crippen LogP contribution in [0.2, 0.25) is 0 Å². The van der Waals surface area contributed by atoms with Gasteiger partial charge in [-0.3, -0.25) is 14.5 Å². The number of carbonyl (C=O) groups excluding carboxylic acids is 2. The second-order valence-electron chi connectivity index (χ2n) is 7.51. The van der Waals surface area contributed by atoms with Gasteiger partial charge < -0.3 is 9.64 Å². The Morgan fingerprint density at radius 3 is 2.54 bits per heavy atom. The van der Waals surface area contributed by atoms with Crippen LogP contribution in [0.15, 0.2) is 24.3 Å². The standard InChI is InChI=1S/C21H30N2O3/c1-17(24)20-4-2-3-19(15-20)16-22-9-7-18(8-10-22)5-6-21(25)23-11-13-26-14-12-23/h2-4,15,18H,5-14,16H2,1H3. The second kappa shape index (κ2) is 9.28. The highest BCUT2D eigenvalue weighted by molar-refractivity contribution is 5.94. The number of ketones is 1. The van der Waals surface area contributed by atoms with Crippen molar-refractivity contribution in [3.63, 3.8) is 0 Å². The predicted molar refractivity (Wildman–Crippen MR) is 101 cm³/mol. The van der Waals surface area contributed by atoms with Crippen LogP contribution in [0.1, 0.15) is 48.5 Å². The number of hydrogen-bond donors (Lipinski definition) is 0. The Kier molecular flexibility index (Phi) is 6.80. The van der Waals surface area contributed by atoms with E-state index in [2.05, 4.69) is 11.0 Å². The number of hydrogen-bond acceptors (Lipinski definition) is 4. The minimum atomic E-state index is 0.121. The van der Waals surface area contributed by atoms with Crippen LogP contribution in [-0.4, -0.2) is 60.9 Å². The largest absolute Gasteiger partial charge is 0.378 e. The molecule has 0 bridgehead atoms. The van der Waals surface area contributed by atoms with Gasteiger partial charge in [0.15, 0.2) is 5.78 Å². The third kappa shape index (κ3) is 5.39. The highest BCUT2D eigenvalue weighted by atomic mass is 16.5. The van der Waals surface area contributed by atoms with Crippen LogP contribution in [0.4, 0.5) is 0 Å². The Balaban J connectivity index is 1.39. The van der Waals surface area contributed by atoms with Crippen LogP contribution < -0.4 is 0 Å². The molecule has 0 aliphatic carbocycles. The van der Waals surface area contributed by atoms with Crippen molar-refractivity contribution in [2.45, 2.75) is 39.2 Å². The molecule has 0 spiro atoms. The summed E-state index contributed by atoms with van der Waals surface area (Å²) in [6, 6.07) is 7.95. The van der Waals surface area contributed by atoms with Gasteiger partial charge in [0, 0.05) is 31.6 Å². The number of morpholine rings is 1. The topological polar surface area (TPSA) is 49.9 Å². The maximum atomic E-state index is 12.3. The van der Waals surface area contributed by atoms with E-state index in [0.29, 0.717) is 25.6 Å². The number of likely N-dealkylation sites (tertiary alicyclic amines) is 1. The summed E-state index contributed by atoms with van der Waals surface area (Å²) in [5, 5.41) is 0. The lowest BCUT2D eigenvalue weighted by Crippen LogP contribution is -2.41. The first-order valence-corrected chi connectivity index (χ1v) is 9.79. The molecule has 2 heterocycles. The highest BCUT2D eigenvalue weighted by Gasteiger charge is 2.22. The Bertz CT molecular complexity index is 617. The number of amides is 1. The molecule has 0 aromatic heterocycles. The van der Waals surface area contributed by atoms with Crippen molar-refractivity contribution >= 4 is 11.7 Å². The summed E-state index contributed by atoms with van der Waals surface area (Å²) in [7, 11) is 0. The molecule has 1 amide bonds. The molecule has 2 aliphatic heterocycles. The fraction of sp³-hybridized carbons (Fsp3) is 0.619. The number of ether oxygens (including phenoxy) is 1. The molecule has 1 aromatic rings. The van der Waals surface area contributed by atoms with Crippen molar-refractivity contribution in [1.82, 2.24) is 9.80 Å². The lowest BCUT2D eigenvalue weighted by molar-refractivity contribution is -0.135. The lowest BCUT2D eigenvalue weighted by atomic mass is 9.91. The van der Waals surface area contributed by atoms with Crippen molar-refractivity contribution in [1.29, 1.82) is 0 Å². The summed E-state index contributed by atoms with van der Waals surface area (Å²) >= 11 is 0. The van der Waals surface area contributed by atoms with Crippen molar-refractivity contribution in [2.75, 3.05) is 39.4 Å². The number of rotatable bonds is 6. The minimum Gasteiger partial charge on any atom is -0.378 e. The number of nitrogens with zero attached hydrogens (tertiary/aromatic N) is 2. The van der Waals surface area contributed by atoms with Gasteiger partial charge in [0.05, 0.1) is 13.2 Å². The Morgan fingerprint density at radius 1 is 1.12 bits per heavy atom. The Hall–Kier alpha value is -1.72. The van der Waals surface area contributed by atoms with E-state index in [9.17, 15) is 9.59 Å². The average molecular weight is 358 g/mol. The number of piperidine rings is 1. The van der Waals surface area contributed by atoms with Gasteiger partial charge >= 0.3 is 0 Å². The smallest absolute Gasteiger partial charge is 0.222 e. The molecule has 142 valence electrons. The monoisotopic (exact) mass is 358 g/mol. The third-order valence-corrected chi connectivity index (χ3v) is 5.58. The molecule has 5 nitrogen and oxygen atoms in total. The first kappa shape index (κ1) is 19.1. The molecule has 26 heavy (non-hydrogen) atoms. The molecule has 2 saturated heterocycles. The van der Waals surface area contributed by atoms with E-state index in [0.717, 1.165) is 57.5 Å². The second-order valence-corrected chi connectivity index (χ2v) is 7.51. The van der Waals surface area contributed by atoms with Crippen molar-refractivity contribution < 1.29 is 14.3 Å². The minimum absolute atomic E-state index is 0.121. The number of Topliss-reactive ketones (excluding diaryl/α,β-unsaturated/α-hetero) is 1. The molecule has 0 N–H and O–H groups in total. The molecular formula is C21H30N2O3. The predicted octanol–water partition coefficient (Wildman–Crippen LogP) is 2.74. The van der Waals surface area contributed by atoms with Crippen LogP contribution in [0, 0.1) is 5.92 Å². The number of benzene rings is 1. The summed E-state index contributed by atoms with van der Waals surface area (Å²) in [6.07, 6.45) is 3.99. The Morgan fingerprint density at radius 2 is 1.85 bits per heavy atom. The molecule has 0 radical (unpaired) electrons. The Labute approximate surface area is 156 Å². The van der Waals surface area contributed by atoms with E-state index in [1.165, 1.54) is 5.56 Å². The van der Waals surface area contributed by atoms with Gasteiger partial charge in [0.2, 0.25) is 5.91 Å². The van der Waals surface area contributed by atoms with E-state index in [4.69, 9.17) is 4.74 Å². The van der Waals surface area contributed by atoms with Gasteiger partial charge in [-0.05, 0) is 56.8 Å². The number of carbonyl (C=O) groups is 2. The zero-order valence-electron chi connectivity index (χ0n) is 15.8. The van der Waals surface area contributed by atoms with E-state index >= 15 is 0 Å². The van der Waals surface area contributed by atoms with Crippen molar-refractivity contribution in [2.24, 2.45) is 5.92 Å². The summed E-state index contributed by atoms with van der Waals surface area (Å²) in [5.41, 5.74) is 2.00. The third-order valence-electron chi connectivity index (χ3n) is 5.58. The van der Waals surface area contributed by atoms with Gasteiger partial charge in [-0.25, -0.2) is 0 Å². The molecular weight excluding hydrogens is 328 g/mol. The van der Waals surface area contributed by atoms with Crippen LogP contribution in [-0.2, 0) is 16.1 Å². The molecule has 2 aliphatic rings. The SMILES string of the molecule is CC(=O)c1cccc(CN2CCC(CCC(=O)N3CCOCC3)CC2)c1. The van der Waals surface area contributed by atoms with E-state index in [-0.39, 0.29) is 11.7 Å². The van der Waals surface area contributed by atoms with Crippen LogP contribution >= 0.6 is 0 Å². The summed E-state index contributed by atoms with van der Waals surface area (Å²) in [5.74, 6) is 1.06. The normalized spacial score (nSPS) is 19.5. The molecule has 0 atom stereocenters. The molecule has 5 heteroatoms. The van der Waals surface area contributed by atoms with Gasteiger partial charge in [-0.15, -0.1) is 0 Å². The van der Waals surface area contributed by atoms with E-state index in [1.54, 1.807) is 6.92 Å². The summed E-state index contributed by atoms with van der Waals surface area (Å²) < 4.78 is 5.31. The van der Waals surface area contributed by atoms with Crippen LogP contribution in [0.3, 0.4) is 0 Å². The highest BCUT2D eigenvalue weighted by Crippen LogP contribution is 2.24. The molecule has 2 fully saturated rings. The fourth-order valence-electron chi connectivity index (χ4n) is 3.88. The zero-order chi connectivity index (χ0) is 18.4. The van der Waals surface area contributed by atoms with Gasteiger partial charge in [-0.1, -0.05) is 18.2 Å². The molecule has 1 aromatic carbocycles. The zero-order valence-corrected chi connectivity index (χ0v) is 15.8. The lowest BCUT2D eigenvalue weighted by Gasteiger charge is -2.32. The summed E-state index contributed by atoms with van der Waals surface area (Å²) in [4.78, 5) is 28.2. The van der Waals surface area contributed by atoms with Crippen LogP contribution in [0.25, 0.3) is 0 Å². The van der Waals surface area contributed by atoms with E-state index in [1.807, 2.05) is 23.1 Å². The van der Waals surface area contributed by atoms with Gasteiger partial charge in [-0.2, -0.15) is 0 Å². The fourth-order valence-corrected chi connectivity index (χ4v) is 3.88. The maximum absolute atomic E-state index is 12.3. The maximum Gasteiger partial charge on any atom is 0.222 e. The van der Waals surface area contributed by atoms with E-state index < -0.39 is 0 Å². The molecule has 0 saturated carbocycles. The van der Waals surface area contributed by atoms with Crippen molar-refractivity contribution in [3.8, 4) is 0 Å². The van der Waals surface area contributed by atoms with Crippen molar-refractivity contribution in [3.05, 3.63) is 35.4 Å². The first-order chi connectivity index (χ1) is 12.6. The first-order valence-electron chi connectivity index (χ1n) is 9.79.